The van der Waals surface area contributed by atoms with Gasteiger partial charge < -0.3 is 15.4 Å². The summed E-state index contributed by atoms with van der Waals surface area (Å²) in [4.78, 5) is 29.5. The average molecular weight is 491 g/mol. The average Bonchev–Trinajstić information content (AvgIpc) is 2.85. The fourth-order valence-corrected chi connectivity index (χ4v) is 3.31. The van der Waals surface area contributed by atoms with E-state index in [0.29, 0.717) is 28.3 Å². The molecule has 0 aliphatic carbocycles. The predicted octanol–water partition coefficient (Wildman–Crippen LogP) is 4.93. The summed E-state index contributed by atoms with van der Waals surface area (Å²) in [6.45, 7) is 3.85. The first kappa shape index (κ1) is 23.9. The van der Waals surface area contributed by atoms with Gasteiger partial charge in [0.25, 0.3) is 5.56 Å². The Labute approximate surface area is 206 Å². The van der Waals surface area contributed by atoms with E-state index in [1.54, 1.807) is 55.6 Å². The second kappa shape index (κ2) is 10.8. The smallest absolute Gasteiger partial charge is 0.279 e. The van der Waals surface area contributed by atoms with Crippen molar-refractivity contribution in [2.24, 2.45) is 0 Å². The Balaban J connectivity index is 1.60. The summed E-state index contributed by atoms with van der Waals surface area (Å²) in [6.07, 6.45) is 3.25. The molecule has 0 bridgehead atoms. The SMILES string of the molecule is CCC(=O)Nc1cnc(Nc2ccc(Oc3cc(C)cnn3)cc2)n(Cc2ccc(Cl)cc2)c1=O. The van der Waals surface area contributed by atoms with Crippen molar-refractivity contribution in [3.8, 4) is 11.6 Å². The molecule has 2 heterocycles. The molecular formula is C25H23ClN6O3. The van der Waals surface area contributed by atoms with E-state index in [2.05, 4.69) is 25.8 Å². The number of anilines is 3. The third kappa shape index (κ3) is 6.21. The summed E-state index contributed by atoms with van der Waals surface area (Å²) in [5.41, 5.74) is 2.21. The number of nitrogens with zero attached hydrogens (tertiary/aromatic N) is 4. The second-order valence-electron chi connectivity index (χ2n) is 7.74. The van der Waals surface area contributed by atoms with Crippen LogP contribution in [0.3, 0.4) is 0 Å². The number of aryl methyl sites for hydroxylation is 1. The molecule has 4 rings (SSSR count). The van der Waals surface area contributed by atoms with Crippen molar-refractivity contribution in [3.63, 3.8) is 0 Å². The quantitative estimate of drug-likeness (QED) is 0.360. The van der Waals surface area contributed by atoms with E-state index in [1.165, 1.54) is 10.8 Å². The number of carbonyl (C=O) groups is 1. The van der Waals surface area contributed by atoms with Crippen LogP contribution in [-0.2, 0) is 11.3 Å². The number of aromatic nitrogens is 4. The largest absolute Gasteiger partial charge is 0.438 e. The first-order valence-corrected chi connectivity index (χ1v) is 11.3. The number of hydrogen-bond acceptors (Lipinski definition) is 7. The van der Waals surface area contributed by atoms with Crippen LogP contribution in [0, 0.1) is 6.92 Å². The number of ether oxygens (including phenoxy) is 1. The molecule has 0 aliphatic rings. The van der Waals surface area contributed by atoms with Gasteiger partial charge in [-0.3, -0.25) is 14.2 Å². The van der Waals surface area contributed by atoms with Crippen molar-refractivity contribution in [3.05, 3.63) is 93.5 Å². The van der Waals surface area contributed by atoms with Crippen molar-refractivity contribution < 1.29 is 9.53 Å². The van der Waals surface area contributed by atoms with E-state index < -0.39 is 0 Å². The number of hydrogen-bond donors (Lipinski definition) is 2. The molecule has 0 radical (unpaired) electrons. The topological polar surface area (TPSA) is 111 Å². The maximum absolute atomic E-state index is 13.2. The molecule has 0 atom stereocenters. The fourth-order valence-electron chi connectivity index (χ4n) is 3.18. The molecule has 0 fully saturated rings. The highest BCUT2D eigenvalue weighted by atomic mass is 35.5. The maximum atomic E-state index is 13.2. The van der Waals surface area contributed by atoms with Gasteiger partial charge in [-0.1, -0.05) is 30.7 Å². The zero-order valence-electron chi connectivity index (χ0n) is 19.2. The molecule has 0 saturated carbocycles. The third-order valence-electron chi connectivity index (χ3n) is 5.00. The highest BCUT2D eigenvalue weighted by molar-refractivity contribution is 6.30. The molecule has 35 heavy (non-hydrogen) atoms. The number of carbonyl (C=O) groups excluding carboxylic acids is 1. The van der Waals surface area contributed by atoms with E-state index in [0.717, 1.165) is 11.1 Å². The van der Waals surface area contributed by atoms with E-state index in [9.17, 15) is 9.59 Å². The number of amides is 1. The van der Waals surface area contributed by atoms with Gasteiger partial charge in [0, 0.05) is 23.2 Å². The molecule has 2 aromatic carbocycles. The van der Waals surface area contributed by atoms with Gasteiger partial charge in [0.15, 0.2) is 0 Å². The third-order valence-corrected chi connectivity index (χ3v) is 5.25. The molecule has 2 aromatic heterocycles. The van der Waals surface area contributed by atoms with Crippen molar-refractivity contribution in [2.75, 3.05) is 10.6 Å². The predicted molar refractivity (Wildman–Crippen MR) is 135 cm³/mol. The Kier molecular flexibility index (Phi) is 7.37. The lowest BCUT2D eigenvalue weighted by Crippen LogP contribution is -2.28. The highest BCUT2D eigenvalue weighted by Crippen LogP contribution is 2.23. The molecule has 2 N–H and O–H groups in total. The second-order valence-corrected chi connectivity index (χ2v) is 8.17. The van der Waals surface area contributed by atoms with Gasteiger partial charge in [0.05, 0.1) is 18.9 Å². The van der Waals surface area contributed by atoms with Crippen LogP contribution >= 0.6 is 11.6 Å². The minimum absolute atomic E-state index is 0.111. The summed E-state index contributed by atoms with van der Waals surface area (Å²) < 4.78 is 7.20. The van der Waals surface area contributed by atoms with Gasteiger partial charge in [-0.15, -0.1) is 5.10 Å². The molecule has 4 aromatic rings. The molecule has 1 amide bonds. The monoisotopic (exact) mass is 490 g/mol. The Morgan fingerprint density at radius 1 is 1.09 bits per heavy atom. The highest BCUT2D eigenvalue weighted by Gasteiger charge is 2.13. The van der Waals surface area contributed by atoms with Crippen LogP contribution in [0.25, 0.3) is 0 Å². The van der Waals surface area contributed by atoms with E-state index in [-0.39, 0.29) is 30.1 Å². The van der Waals surface area contributed by atoms with Crippen LogP contribution in [-0.4, -0.2) is 25.7 Å². The normalized spacial score (nSPS) is 10.6. The number of halogens is 1. The lowest BCUT2D eigenvalue weighted by Gasteiger charge is -2.16. The van der Waals surface area contributed by atoms with Crippen LogP contribution in [0.2, 0.25) is 5.02 Å². The summed E-state index contributed by atoms with van der Waals surface area (Å²) in [7, 11) is 0. The van der Waals surface area contributed by atoms with Crippen LogP contribution in [0.15, 0.2) is 71.8 Å². The minimum atomic E-state index is -0.378. The number of rotatable bonds is 8. The molecule has 10 heteroatoms. The van der Waals surface area contributed by atoms with Gasteiger partial charge in [0.1, 0.15) is 11.4 Å². The molecule has 178 valence electrons. The molecule has 0 saturated heterocycles. The molecular weight excluding hydrogens is 468 g/mol. The van der Waals surface area contributed by atoms with Crippen LogP contribution < -0.4 is 20.9 Å². The molecule has 9 nitrogen and oxygen atoms in total. The molecule has 0 spiro atoms. The van der Waals surface area contributed by atoms with E-state index >= 15 is 0 Å². The van der Waals surface area contributed by atoms with Crippen molar-refractivity contribution in [1.29, 1.82) is 0 Å². The van der Waals surface area contributed by atoms with E-state index in [1.807, 2.05) is 19.1 Å². The summed E-state index contributed by atoms with van der Waals surface area (Å²) in [6, 6.07) is 16.1. The standard InChI is InChI=1S/C25H23ClN6O3/c1-3-22(33)30-21-14-27-25(32(24(21)34)15-17-4-6-18(26)7-5-17)29-19-8-10-20(11-9-19)35-23-12-16(2)13-28-31-23/h4-14H,3,15H2,1-2H3,(H,27,29)(H,30,33). The zero-order chi connectivity index (χ0) is 24.8. The lowest BCUT2D eigenvalue weighted by molar-refractivity contribution is -0.115. The Bertz CT molecular complexity index is 1390. The van der Waals surface area contributed by atoms with Gasteiger partial charge in [-0.25, -0.2) is 4.98 Å². The maximum Gasteiger partial charge on any atom is 0.279 e. The van der Waals surface area contributed by atoms with Gasteiger partial charge >= 0.3 is 0 Å². The Morgan fingerprint density at radius 2 is 1.83 bits per heavy atom. The van der Waals surface area contributed by atoms with Gasteiger partial charge in [-0.2, -0.15) is 5.10 Å². The molecule has 0 aliphatic heterocycles. The Morgan fingerprint density at radius 3 is 2.51 bits per heavy atom. The minimum Gasteiger partial charge on any atom is -0.438 e. The lowest BCUT2D eigenvalue weighted by atomic mass is 10.2. The van der Waals surface area contributed by atoms with E-state index in [4.69, 9.17) is 16.3 Å². The fraction of sp³-hybridized carbons (Fsp3) is 0.160. The zero-order valence-corrected chi connectivity index (χ0v) is 19.9. The first-order valence-electron chi connectivity index (χ1n) is 10.9. The van der Waals surface area contributed by atoms with Crippen molar-refractivity contribution in [1.82, 2.24) is 19.7 Å². The van der Waals surface area contributed by atoms with Gasteiger partial charge in [-0.05, 0) is 54.4 Å². The summed E-state index contributed by atoms with van der Waals surface area (Å²) in [5, 5.41) is 14.2. The molecule has 0 unspecified atom stereocenters. The van der Waals surface area contributed by atoms with Crippen LogP contribution in [0.1, 0.15) is 24.5 Å². The van der Waals surface area contributed by atoms with Crippen molar-refractivity contribution >= 4 is 34.8 Å². The van der Waals surface area contributed by atoms with Crippen molar-refractivity contribution in [2.45, 2.75) is 26.8 Å². The van der Waals surface area contributed by atoms with Crippen LogP contribution in [0.5, 0.6) is 11.6 Å². The van der Waals surface area contributed by atoms with Gasteiger partial charge in [0.2, 0.25) is 17.7 Å². The summed E-state index contributed by atoms with van der Waals surface area (Å²) >= 11 is 6.00. The summed E-state index contributed by atoms with van der Waals surface area (Å²) in [5.74, 6) is 1.03. The first-order chi connectivity index (χ1) is 16.9. The Hall–Kier alpha value is -4.24. The van der Waals surface area contributed by atoms with Crippen LogP contribution in [0.4, 0.5) is 17.3 Å². The number of nitrogens with one attached hydrogen (secondary N) is 2. The number of benzene rings is 2.